The van der Waals surface area contributed by atoms with Gasteiger partial charge in [-0.25, -0.2) is 4.68 Å². The second kappa shape index (κ2) is 3.31. The first-order valence-electron chi connectivity index (χ1n) is 2.53. The highest BCUT2D eigenvalue weighted by Crippen LogP contribution is 1.81. The van der Waals surface area contributed by atoms with Crippen molar-refractivity contribution in [1.29, 1.82) is 0 Å². The molecule has 6 heteroatoms. The number of nitrogens with zero attached hydrogens (tertiary/aromatic N) is 3. The Morgan fingerprint density at radius 3 is 2.70 bits per heavy atom. The van der Waals surface area contributed by atoms with Crippen molar-refractivity contribution < 1.29 is 4.79 Å². The van der Waals surface area contributed by atoms with Crippen molar-refractivity contribution >= 4 is 21.8 Å². The topological polar surface area (TPSA) is 59.8 Å². The normalized spacial score (nSPS) is 9.30. The molecule has 1 N–H and O–H groups in total. The van der Waals surface area contributed by atoms with Gasteiger partial charge in [0.1, 0.15) is 12.7 Å². The van der Waals surface area contributed by atoms with E-state index in [1.54, 1.807) is 0 Å². The molecule has 0 aromatic carbocycles. The molecular formula is C4H5BrN4O. The SMILES string of the molecule is O=C(CBr)Nn1cnnc1. The van der Waals surface area contributed by atoms with Crippen molar-refractivity contribution in [3.8, 4) is 0 Å². The molecule has 10 heavy (non-hydrogen) atoms. The van der Waals surface area contributed by atoms with Crippen LogP contribution in [0.5, 0.6) is 0 Å². The van der Waals surface area contributed by atoms with Crippen molar-refractivity contribution in [1.82, 2.24) is 14.9 Å². The van der Waals surface area contributed by atoms with Gasteiger partial charge < -0.3 is 0 Å². The van der Waals surface area contributed by atoms with Crippen LogP contribution >= 0.6 is 15.9 Å². The molecule has 0 atom stereocenters. The van der Waals surface area contributed by atoms with Crippen LogP contribution < -0.4 is 5.43 Å². The Morgan fingerprint density at radius 2 is 2.20 bits per heavy atom. The molecule has 0 aliphatic heterocycles. The monoisotopic (exact) mass is 204 g/mol. The van der Waals surface area contributed by atoms with Crippen LogP contribution in [0, 0.1) is 0 Å². The van der Waals surface area contributed by atoms with Crippen LogP contribution in [0.3, 0.4) is 0 Å². The number of carbonyl (C=O) groups excluding carboxylic acids is 1. The third-order valence-corrected chi connectivity index (χ3v) is 1.30. The summed E-state index contributed by atoms with van der Waals surface area (Å²) < 4.78 is 1.38. The summed E-state index contributed by atoms with van der Waals surface area (Å²) in [5, 5.41) is 7.25. The van der Waals surface area contributed by atoms with Gasteiger partial charge in [-0.1, -0.05) is 15.9 Å². The molecule has 0 aliphatic rings. The lowest BCUT2D eigenvalue weighted by molar-refractivity contribution is -0.114. The van der Waals surface area contributed by atoms with Crippen LogP contribution in [-0.2, 0) is 4.79 Å². The average molecular weight is 205 g/mol. The molecule has 0 spiro atoms. The minimum atomic E-state index is -0.139. The third-order valence-electron chi connectivity index (χ3n) is 0.794. The number of alkyl halides is 1. The average Bonchev–Trinajstić information content (AvgIpc) is 2.40. The van der Waals surface area contributed by atoms with Crippen LogP contribution in [0.1, 0.15) is 0 Å². The Hall–Kier alpha value is -0.910. The van der Waals surface area contributed by atoms with Crippen molar-refractivity contribution in [3.63, 3.8) is 0 Å². The van der Waals surface area contributed by atoms with Gasteiger partial charge in [-0.3, -0.25) is 10.2 Å². The second-order valence-corrected chi connectivity index (χ2v) is 2.10. The molecule has 1 amide bonds. The zero-order valence-electron chi connectivity index (χ0n) is 4.99. The van der Waals surface area contributed by atoms with E-state index in [1.165, 1.54) is 17.3 Å². The molecule has 0 bridgehead atoms. The number of hydrogen-bond acceptors (Lipinski definition) is 3. The maximum atomic E-state index is 10.6. The molecular weight excluding hydrogens is 200 g/mol. The fourth-order valence-corrected chi connectivity index (χ4v) is 0.558. The summed E-state index contributed by atoms with van der Waals surface area (Å²) in [5.74, 6) is -0.139. The highest BCUT2D eigenvalue weighted by Gasteiger charge is 1.96. The van der Waals surface area contributed by atoms with Gasteiger partial charge in [-0.05, 0) is 0 Å². The molecule has 0 fully saturated rings. The molecule has 0 saturated heterocycles. The molecule has 0 unspecified atom stereocenters. The van der Waals surface area contributed by atoms with Gasteiger partial charge in [0.2, 0.25) is 5.91 Å². The highest BCUT2D eigenvalue weighted by atomic mass is 79.9. The number of halogens is 1. The Labute approximate surface area is 65.5 Å². The fourth-order valence-electron chi connectivity index (χ4n) is 0.432. The fraction of sp³-hybridized carbons (Fsp3) is 0.250. The third kappa shape index (κ3) is 1.80. The summed E-state index contributed by atoms with van der Waals surface area (Å²) in [6, 6.07) is 0. The molecule has 5 nitrogen and oxygen atoms in total. The number of amides is 1. The van der Waals surface area contributed by atoms with Gasteiger partial charge in [-0.15, -0.1) is 10.2 Å². The van der Waals surface area contributed by atoms with Crippen LogP contribution in [0.25, 0.3) is 0 Å². The van der Waals surface area contributed by atoms with E-state index >= 15 is 0 Å². The maximum absolute atomic E-state index is 10.6. The lowest BCUT2D eigenvalue weighted by atomic mass is 10.8. The van der Waals surface area contributed by atoms with Crippen molar-refractivity contribution in [3.05, 3.63) is 12.7 Å². The van der Waals surface area contributed by atoms with Crippen molar-refractivity contribution in [2.75, 3.05) is 10.8 Å². The molecule has 1 rings (SSSR count). The summed E-state index contributed by atoms with van der Waals surface area (Å²) >= 11 is 2.99. The van der Waals surface area contributed by atoms with E-state index in [4.69, 9.17) is 0 Å². The minimum Gasteiger partial charge on any atom is -0.272 e. The summed E-state index contributed by atoms with van der Waals surface area (Å²) in [5.41, 5.74) is 2.48. The van der Waals surface area contributed by atoms with Crippen LogP contribution in [-0.4, -0.2) is 26.1 Å². The van der Waals surface area contributed by atoms with Crippen molar-refractivity contribution in [2.45, 2.75) is 0 Å². The molecule has 54 valence electrons. The number of aromatic nitrogens is 3. The maximum Gasteiger partial charge on any atom is 0.249 e. The zero-order valence-corrected chi connectivity index (χ0v) is 6.58. The number of rotatable bonds is 2. The first-order valence-corrected chi connectivity index (χ1v) is 3.65. The van der Waals surface area contributed by atoms with Crippen LogP contribution in [0.15, 0.2) is 12.7 Å². The van der Waals surface area contributed by atoms with Gasteiger partial charge in [0, 0.05) is 0 Å². The zero-order chi connectivity index (χ0) is 7.40. The van der Waals surface area contributed by atoms with E-state index in [9.17, 15) is 4.79 Å². The molecule has 0 aliphatic carbocycles. The summed E-state index contributed by atoms with van der Waals surface area (Å²) in [7, 11) is 0. The molecule has 0 radical (unpaired) electrons. The summed E-state index contributed by atoms with van der Waals surface area (Å²) in [6.07, 6.45) is 2.81. The first-order chi connectivity index (χ1) is 4.83. The van der Waals surface area contributed by atoms with Crippen LogP contribution in [0.4, 0.5) is 0 Å². The number of nitrogens with one attached hydrogen (secondary N) is 1. The Morgan fingerprint density at radius 1 is 1.60 bits per heavy atom. The van der Waals surface area contributed by atoms with Gasteiger partial charge in [0.25, 0.3) is 0 Å². The lowest BCUT2D eigenvalue weighted by Gasteiger charge is -1.99. The van der Waals surface area contributed by atoms with Gasteiger partial charge in [0.15, 0.2) is 0 Å². The smallest absolute Gasteiger partial charge is 0.249 e. The molecule has 1 aromatic rings. The first kappa shape index (κ1) is 7.20. The van der Waals surface area contributed by atoms with Crippen molar-refractivity contribution in [2.24, 2.45) is 0 Å². The summed E-state index contributed by atoms with van der Waals surface area (Å²) in [6.45, 7) is 0. The predicted octanol–water partition coefficient (Wildman–Crippen LogP) is -0.257. The highest BCUT2D eigenvalue weighted by molar-refractivity contribution is 9.09. The van der Waals surface area contributed by atoms with Gasteiger partial charge >= 0.3 is 0 Å². The Balaban J connectivity index is 2.48. The van der Waals surface area contributed by atoms with Gasteiger partial charge in [-0.2, -0.15) is 0 Å². The molecule has 1 heterocycles. The van der Waals surface area contributed by atoms with E-state index in [0.29, 0.717) is 0 Å². The largest absolute Gasteiger partial charge is 0.272 e. The van der Waals surface area contributed by atoms with E-state index in [2.05, 4.69) is 31.6 Å². The van der Waals surface area contributed by atoms with E-state index < -0.39 is 0 Å². The van der Waals surface area contributed by atoms with E-state index in [1.807, 2.05) is 0 Å². The molecule has 1 aromatic heterocycles. The summed E-state index contributed by atoms with van der Waals surface area (Å²) in [4.78, 5) is 10.6. The predicted molar refractivity (Wildman–Crippen MR) is 38.2 cm³/mol. The number of carbonyl (C=O) groups is 1. The second-order valence-electron chi connectivity index (χ2n) is 1.54. The molecule has 0 saturated carbocycles. The van der Waals surface area contributed by atoms with E-state index in [0.717, 1.165) is 0 Å². The van der Waals surface area contributed by atoms with Crippen LogP contribution in [0.2, 0.25) is 0 Å². The lowest BCUT2D eigenvalue weighted by Crippen LogP contribution is -2.22. The van der Waals surface area contributed by atoms with E-state index in [-0.39, 0.29) is 11.2 Å². The van der Waals surface area contributed by atoms with Gasteiger partial charge in [0.05, 0.1) is 5.33 Å². The minimum absolute atomic E-state index is 0.139. The standard InChI is InChI=1S/C4H5BrN4O/c5-1-4(10)8-9-2-6-7-3-9/h2-3H,1H2,(H,8,10). The quantitative estimate of drug-likeness (QED) is 0.676. The Kier molecular flexibility index (Phi) is 2.38. The Bertz CT molecular complexity index is 209. The number of hydrogen-bond donors (Lipinski definition) is 1.